The van der Waals surface area contributed by atoms with Crippen LogP contribution in [0.3, 0.4) is 0 Å². The van der Waals surface area contributed by atoms with Gasteiger partial charge in [0, 0.05) is 6.42 Å². The van der Waals surface area contributed by atoms with Crippen LogP contribution in [0.5, 0.6) is 0 Å². The Morgan fingerprint density at radius 3 is 2.00 bits per heavy atom. The fraction of sp³-hybridized carbons (Fsp3) is 0.308. The maximum absolute atomic E-state index is 4.66. The molecular formula is C13H14N6. The van der Waals surface area contributed by atoms with Crippen molar-refractivity contribution in [2.75, 3.05) is 0 Å². The van der Waals surface area contributed by atoms with Crippen molar-refractivity contribution in [3.05, 3.63) is 17.5 Å². The van der Waals surface area contributed by atoms with E-state index in [2.05, 4.69) is 36.8 Å². The lowest BCUT2D eigenvalue weighted by Gasteiger charge is -1.93. The molecule has 0 bridgehead atoms. The second-order valence-corrected chi connectivity index (χ2v) is 4.85. The standard InChI is InChI=1S/C13H14N6/c1-4-7-18-12-10-8(14-5(2)16-10)9-11(13(12)19-7)17-6(3)15-9/h4H2,1-3H3,(H,14,16)(H,15,17)(H,18,19). The summed E-state index contributed by atoms with van der Waals surface area (Å²) in [6, 6.07) is 0. The topological polar surface area (TPSA) is 86.0 Å². The molecule has 6 nitrogen and oxygen atoms in total. The summed E-state index contributed by atoms with van der Waals surface area (Å²) in [5, 5.41) is 0. The van der Waals surface area contributed by atoms with Crippen LogP contribution in [0, 0.1) is 13.8 Å². The van der Waals surface area contributed by atoms with Gasteiger partial charge < -0.3 is 15.0 Å². The minimum atomic E-state index is 0.873. The van der Waals surface area contributed by atoms with Gasteiger partial charge in [-0.25, -0.2) is 15.0 Å². The molecule has 0 amide bonds. The molecule has 0 aliphatic rings. The highest BCUT2D eigenvalue weighted by Gasteiger charge is 2.17. The van der Waals surface area contributed by atoms with Crippen LogP contribution < -0.4 is 0 Å². The summed E-state index contributed by atoms with van der Waals surface area (Å²) >= 11 is 0. The second-order valence-electron chi connectivity index (χ2n) is 4.85. The van der Waals surface area contributed by atoms with Gasteiger partial charge in [0.15, 0.2) is 0 Å². The number of imidazole rings is 3. The first-order chi connectivity index (χ1) is 9.17. The van der Waals surface area contributed by atoms with E-state index in [4.69, 9.17) is 0 Å². The Balaban J connectivity index is 2.35. The van der Waals surface area contributed by atoms with Crippen LogP contribution in [0.1, 0.15) is 24.4 Å². The van der Waals surface area contributed by atoms with E-state index in [1.807, 2.05) is 13.8 Å². The van der Waals surface area contributed by atoms with E-state index in [1.54, 1.807) is 0 Å². The summed E-state index contributed by atoms with van der Waals surface area (Å²) in [5.74, 6) is 2.74. The Morgan fingerprint density at radius 2 is 1.32 bits per heavy atom. The van der Waals surface area contributed by atoms with Crippen molar-refractivity contribution in [1.82, 2.24) is 29.9 Å². The highest BCUT2D eigenvalue weighted by Crippen LogP contribution is 2.31. The van der Waals surface area contributed by atoms with E-state index in [0.717, 1.165) is 57.0 Å². The second kappa shape index (κ2) is 3.34. The third kappa shape index (κ3) is 1.28. The number of aromatic nitrogens is 6. The number of hydrogen-bond donors (Lipinski definition) is 3. The van der Waals surface area contributed by atoms with Gasteiger partial charge in [0.05, 0.1) is 16.6 Å². The molecule has 0 spiro atoms. The third-order valence-electron chi connectivity index (χ3n) is 3.44. The molecule has 4 rings (SSSR count). The van der Waals surface area contributed by atoms with Gasteiger partial charge in [-0.1, -0.05) is 6.92 Å². The number of H-pyrrole nitrogens is 3. The zero-order valence-electron chi connectivity index (χ0n) is 11.0. The lowest BCUT2D eigenvalue weighted by molar-refractivity contribution is 1.00. The summed E-state index contributed by atoms with van der Waals surface area (Å²) in [5.41, 5.74) is 5.67. The van der Waals surface area contributed by atoms with Crippen LogP contribution in [0.2, 0.25) is 0 Å². The number of hydrogen-bond acceptors (Lipinski definition) is 3. The monoisotopic (exact) mass is 254 g/mol. The highest BCUT2D eigenvalue weighted by atomic mass is 15.0. The van der Waals surface area contributed by atoms with E-state index in [1.165, 1.54) is 0 Å². The quantitative estimate of drug-likeness (QED) is 0.487. The first kappa shape index (κ1) is 10.5. The molecule has 19 heavy (non-hydrogen) atoms. The molecule has 3 aromatic heterocycles. The number of aryl methyl sites for hydroxylation is 3. The maximum Gasteiger partial charge on any atom is 0.119 e. The average Bonchev–Trinajstić information content (AvgIpc) is 3.02. The summed E-state index contributed by atoms with van der Waals surface area (Å²) in [6.07, 6.45) is 0.873. The Morgan fingerprint density at radius 1 is 0.737 bits per heavy atom. The van der Waals surface area contributed by atoms with Crippen molar-refractivity contribution in [3.8, 4) is 0 Å². The van der Waals surface area contributed by atoms with Gasteiger partial charge in [-0.3, -0.25) is 0 Å². The molecule has 0 aliphatic carbocycles. The Kier molecular flexibility index (Phi) is 1.86. The third-order valence-corrected chi connectivity index (χ3v) is 3.44. The maximum atomic E-state index is 4.66. The van der Waals surface area contributed by atoms with Crippen molar-refractivity contribution in [3.63, 3.8) is 0 Å². The van der Waals surface area contributed by atoms with Crippen molar-refractivity contribution >= 4 is 33.1 Å². The van der Waals surface area contributed by atoms with Crippen LogP contribution >= 0.6 is 0 Å². The van der Waals surface area contributed by atoms with Crippen molar-refractivity contribution in [2.24, 2.45) is 0 Å². The van der Waals surface area contributed by atoms with Crippen LogP contribution in [-0.4, -0.2) is 29.9 Å². The van der Waals surface area contributed by atoms with E-state index >= 15 is 0 Å². The van der Waals surface area contributed by atoms with Crippen LogP contribution in [-0.2, 0) is 6.42 Å². The molecule has 0 saturated carbocycles. The Bertz CT molecular complexity index is 850. The average molecular weight is 254 g/mol. The van der Waals surface area contributed by atoms with E-state index in [0.29, 0.717) is 0 Å². The number of rotatable bonds is 1. The van der Waals surface area contributed by atoms with Crippen molar-refractivity contribution in [2.45, 2.75) is 27.2 Å². The summed E-state index contributed by atoms with van der Waals surface area (Å²) in [6.45, 7) is 5.99. The summed E-state index contributed by atoms with van der Waals surface area (Å²) < 4.78 is 0. The summed E-state index contributed by atoms with van der Waals surface area (Å²) in [7, 11) is 0. The first-order valence-corrected chi connectivity index (χ1v) is 6.40. The fourth-order valence-electron chi connectivity index (χ4n) is 2.63. The number of fused-ring (bicyclic) bond motifs is 6. The zero-order valence-corrected chi connectivity index (χ0v) is 11.0. The van der Waals surface area contributed by atoms with Gasteiger partial charge in [0.2, 0.25) is 0 Å². The smallest absolute Gasteiger partial charge is 0.119 e. The molecule has 4 aromatic rings. The van der Waals surface area contributed by atoms with Crippen molar-refractivity contribution < 1.29 is 0 Å². The van der Waals surface area contributed by atoms with E-state index in [9.17, 15) is 0 Å². The normalized spacial score (nSPS) is 12.2. The molecule has 3 N–H and O–H groups in total. The lowest BCUT2D eigenvalue weighted by atomic mass is 10.2. The zero-order chi connectivity index (χ0) is 13.1. The first-order valence-electron chi connectivity index (χ1n) is 6.40. The number of benzene rings is 1. The molecule has 96 valence electrons. The Labute approximate surface area is 108 Å². The molecule has 0 atom stereocenters. The predicted molar refractivity (Wildman–Crippen MR) is 74.2 cm³/mol. The van der Waals surface area contributed by atoms with E-state index < -0.39 is 0 Å². The minimum Gasteiger partial charge on any atom is -0.340 e. The molecule has 6 heteroatoms. The van der Waals surface area contributed by atoms with Gasteiger partial charge in [0.25, 0.3) is 0 Å². The predicted octanol–water partition coefficient (Wildman–Crippen LogP) is 2.49. The molecular weight excluding hydrogens is 240 g/mol. The van der Waals surface area contributed by atoms with Gasteiger partial charge in [-0.2, -0.15) is 0 Å². The SMILES string of the molecule is CCc1nc2c3[nH]c(C)nc3c3nc(C)[nH]c3c2[nH]1. The van der Waals surface area contributed by atoms with Crippen LogP contribution in [0.15, 0.2) is 0 Å². The molecule has 0 aliphatic heterocycles. The largest absolute Gasteiger partial charge is 0.340 e. The molecule has 0 radical (unpaired) electrons. The number of nitrogens with one attached hydrogen (secondary N) is 3. The van der Waals surface area contributed by atoms with Crippen molar-refractivity contribution in [1.29, 1.82) is 0 Å². The van der Waals surface area contributed by atoms with Gasteiger partial charge >= 0.3 is 0 Å². The van der Waals surface area contributed by atoms with Gasteiger partial charge in [-0.15, -0.1) is 0 Å². The van der Waals surface area contributed by atoms with Gasteiger partial charge in [0.1, 0.15) is 34.0 Å². The Hall–Kier alpha value is -2.37. The van der Waals surface area contributed by atoms with Gasteiger partial charge in [-0.05, 0) is 13.8 Å². The van der Waals surface area contributed by atoms with E-state index in [-0.39, 0.29) is 0 Å². The summed E-state index contributed by atoms with van der Waals surface area (Å²) in [4.78, 5) is 23.7. The molecule has 0 fully saturated rings. The highest BCUT2D eigenvalue weighted by molar-refractivity contribution is 6.18. The molecule has 3 heterocycles. The molecule has 0 saturated heterocycles. The van der Waals surface area contributed by atoms with Crippen LogP contribution in [0.25, 0.3) is 33.1 Å². The molecule has 0 unspecified atom stereocenters. The number of aromatic amines is 3. The fourth-order valence-corrected chi connectivity index (χ4v) is 2.63. The van der Waals surface area contributed by atoms with Crippen LogP contribution in [0.4, 0.5) is 0 Å². The molecule has 1 aromatic carbocycles. The lowest BCUT2D eigenvalue weighted by Crippen LogP contribution is -1.80. The number of nitrogens with zero attached hydrogens (tertiary/aromatic N) is 3. The minimum absolute atomic E-state index is 0.873.